The Kier molecular flexibility index (Phi) is 14.3. The minimum Gasteiger partial charge on any atom is -0.481 e. The first kappa shape index (κ1) is 25.9. The second-order valence-corrected chi connectivity index (χ2v) is 9.30. The summed E-state index contributed by atoms with van der Waals surface area (Å²) in [5, 5.41) is 8.98. The molecule has 0 radical (unpaired) electrons. The van der Waals surface area contributed by atoms with Crippen LogP contribution >= 0.6 is 0 Å². The number of ether oxygens (including phenoxy) is 1. The summed E-state index contributed by atoms with van der Waals surface area (Å²) in [4.78, 5) is 22.9. The third kappa shape index (κ3) is 19.5. The Balaban J connectivity index is 3.70. The second-order valence-electron chi connectivity index (χ2n) is 9.30. The minimum absolute atomic E-state index is 0.127. The molecule has 0 aliphatic carbocycles. The van der Waals surface area contributed by atoms with Crippen molar-refractivity contribution in [3.8, 4) is 0 Å². The summed E-state index contributed by atoms with van der Waals surface area (Å²) in [6.07, 6.45) is 12.0. The van der Waals surface area contributed by atoms with Gasteiger partial charge in [0.05, 0.1) is 27.6 Å². The fraction of sp³-hybridized carbons (Fsp3) is 0.909. The van der Waals surface area contributed by atoms with Gasteiger partial charge in [0.2, 0.25) is 0 Å². The molecule has 0 saturated carbocycles. The Morgan fingerprint density at radius 1 is 0.852 bits per heavy atom. The molecule has 0 bridgehead atoms. The molecule has 0 aromatic heterocycles. The van der Waals surface area contributed by atoms with Crippen molar-refractivity contribution < 1.29 is 23.9 Å². The monoisotopic (exact) mass is 386 g/mol. The van der Waals surface area contributed by atoms with Crippen molar-refractivity contribution in [1.82, 2.24) is 0 Å². The summed E-state index contributed by atoms with van der Waals surface area (Å²) >= 11 is 0. The first-order chi connectivity index (χ1) is 12.6. The van der Waals surface area contributed by atoms with Crippen molar-refractivity contribution in [1.29, 1.82) is 0 Å². The number of carbonyl (C=O) groups is 2. The van der Waals surface area contributed by atoms with Gasteiger partial charge >= 0.3 is 11.9 Å². The summed E-state index contributed by atoms with van der Waals surface area (Å²) in [6, 6.07) is 0. The largest absolute Gasteiger partial charge is 0.481 e. The topological polar surface area (TPSA) is 63.6 Å². The molecule has 27 heavy (non-hydrogen) atoms. The number of hydrogen-bond acceptors (Lipinski definition) is 3. The van der Waals surface area contributed by atoms with E-state index in [-0.39, 0.29) is 12.4 Å². The van der Waals surface area contributed by atoms with Crippen LogP contribution in [0.25, 0.3) is 0 Å². The standard InChI is InChI=1S/C22H43NO4/c1-19(2)15-13-11-9-7-6-8-10-12-14-16-22(26)27-20(17-21(24)25)18-23(3,4)5/h19-20H,6-18H2,1-5H3/p+1/t20-/m1/s1. The summed E-state index contributed by atoms with van der Waals surface area (Å²) in [7, 11) is 5.90. The summed E-state index contributed by atoms with van der Waals surface area (Å²) in [5.41, 5.74) is 0. The van der Waals surface area contributed by atoms with E-state index in [9.17, 15) is 9.59 Å². The van der Waals surface area contributed by atoms with E-state index in [2.05, 4.69) is 13.8 Å². The van der Waals surface area contributed by atoms with Gasteiger partial charge < -0.3 is 14.3 Å². The normalized spacial score (nSPS) is 13.0. The van der Waals surface area contributed by atoms with Crippen LogP contribution in [0, 0.1) is 5.92 Å². The average Bonchev–Trinajstić information content (AvgIpc) is 2.49. The van der Waals surface area contributed by atoms with E-state index in [0.717, 1.165) is 25.2 Å². The van der Waals surface area contributed by atoms with E-state index in [1.54, 1.807) is 0 Å². The number of quaternary nitrogens is 1. The summed E-state index contributed by atoms with van der Waals surface area (Å²) < 4.78 is 5.97. The highest BCUT2D eigenvalue weighted by molar-refractivity contribution is 5.71. The third-order valence-electron chi connectivity index (χ3n) is 4.61. The van der Waals surface area contributed by atoms with Crippen molar-refractivity contribution in [2.24, 2.45) is 5.92 Å². The summed E-state index contributed by atoms with van der Waals surface area (Å²) in [6.45, 7) is 5.08. The number of carboxylic acid groups (broad SMARTS) is 1. The molecule has 0 aliphatic rings. The number of carbonyl (C=O) groups excluding carboxylic acids is 1. The number of aliphatic carboxylic acids is 1. The molecule has 0 aromatic carbocycles. The molecular formula is C22H44NO4+. The SMILES string of the molecule is CC(C)CCCCCCCCCCCC(=O)O[C@H](CC(=O)O)C[N+](C)(C)C. The fourth-order valence-electron chi connectivity index (χ4n) is 3.25. The van der Waals surface area contributed by atoms with E-state index >= 15 is 0 Å². The van der Waals surface area contributed by atoms with Gasteiger partial charge in [-0.2, -0.15) is 0 Å². The van der Waals surface area contributed by atoms with E-state index in [1.807, 2.05) is 21.1 Å². The molecule has 0 aliphatic heterocycles. The second kappa shape index (κ2) is 14.9. The number of hydrogen-bond donors (Lipinski definition) is 1. The van der Waals surface area contributed by atoms with Gasteiger partial charge in [-0.25, -0.2) is 0 Å². The van der Waals surface area contributed by atoms with Gasteiger partial charge in [-0.05, 0) is 12.3 Å². The van der Waals surface area contributed by atoms with Gasteiger partial charge in [-0.3, -0.25) is 9.59 Å². The highest BCUT2D eigenvalue weighted by Gasteiger charge is 2.24. The molecule has 0 amide bonds. The quantitative estimate of drug-likeness (QED) is 0.216. The van der Waals surface area contributed by atoms with Crippen LogP contribution in [0.4, 0.5) is 0 Å². The number of carboxylic acids is 1. The number of unbranched alkanes of at least 4 members (excludes halogenated alkanes) is 8. The highest BCUT2D eigenvalue weighted by atomic mass is 16.5. The molecule has 0 unspecified atom stereocenters. The average molecular weight is 387 g/mol. The smallest absolute Gasteiger partial charge is 0.307 e. The fourth-order valence-corrected chi connectivity index (χ4v) is 3.25. The molecule has 0 heterocycles. The molecule has 5 nitrogen and oxygen atoms in total. The predicted octanol–water partition coefficient (Wildman–Crippen LogP) is 5.03. The third-order valence-corrected chi connectivity index (χ3v) is 4.61. The van der Waals surface area contributed by atoms with E-state index in [4.69, 9.17) is 9.84 Å². The van der Waals surface area contributed by atoms with Crippen LogP contribution in [0.15, 0.2) is 0 Å². The molecule has 0 aromatic rings. The minimum atomic E-state index is -0.926. The van der Waals surface area contributed by atoms with E-state index in [1.165, 1.54) is 44.9 Å². The van der Waals surface area contributed by atoms with Gasteiger partial charge in [-0.1, -0.05) is 71.6 Å². The van der Waals surface area contributed by atoms with Crippen LogP contribution in [0.1, 0.15) is 90.9 Å². The molecule has 1 atom stereocenters. The van der Waals surface area contributed by atoms with Crippen molar-refractivity contribution >= 4 is 11.9 Å². The lowest BCUT2D eigenvalue weighted by molar-refractivity contribution is -0.873. The van der Waals surface area contributed by atoms with Crippen LogP contribution in [0.5, 0.6) is 0 Å². The number of nitrogens with zero attached hydrogens (tertiary/aromatic N) is 1. The first-order valence-electron chi connectivity index (χ1n) is 10.8. The highest BCUT2D eigenvalue weighted by Crippen LogP contribution is 2.14. The van der Waals surface area contributed by atoms with Crippen molar-refractivity contribution in [2.75, 3.05) is 27.7 Å². The number of esters is 1. The number of likely N-dealkylation sites (N-methyl/N-ethyl adjacent to an activating group) is 1. The van der Waals surface area contributed by atoms with Gasteiger partial charge in [-0.15, -0.1) is 0 Å². The van der Waals surface area contributed by atoms with Crippen molar-refractivity contribution in [2.45, 2.75) is 97.0 Å². The maximum Gasteiger partial charge on any atom is 0.307 e. The van der Waals surface area contributed by atoms with Crippen molar-refractivity contribution in [3.63, 3.8) is 0 Å². The predicted molar refractivity (Wildman–Crippen MR) is 111 cm³/mol. The molecule has 5 heteroatoms. The lowest BCUT2D eigenvalue weighted by Gasteiger charge is -2.28. The van der Waals surface area contributed by atoms with Gasteiger partial charge in [0.15, 0.2) is 6.10 Å². The number of rotatable bonds is 17. The molecule has 160 valence electrons. The van der Waals surface area contributed by atoms with Crippen LogP contribution in [0.3, 0.4) is 0 Å². The zero-order chi connectivity index (χ0) is 20.7. The maximum absolute atomic E-state index is 12.0. The lowest BCUT2D eigenvalue weighted by atomic mass is 10.0. The Hall–Kier alpha value is -1.10. The Bertz CT molecular complexity index is 402. The Morgan fingerprint density at radius 3 is 1.78 bits per heavy atom. The Morgan fingerprint density at radius 2 is 1.33 bits per heavy atom. The summed E-state index contributed by atoms with van der Waals surface area (Å²) in [5.74, 6) is -0.367. The molecular weight excluding hydrogens is 342 g/mol. The zero-order valence-electron chi connectivity index (χ0n) is 18.5. The maximum atomic E-state index is 12.0. The molecule has 1 N–H and O–H groups in total. The van der Waals surface area contributed by atoms with Crippen LogP contribution in [-0.2, 0) is 14.3 Å². The lowest BCUT2D eigenvalue weighted by Crippen LogP contribution is -2.43. The van der Waals surface area contributed by atoms with Gasteiger partial charge in [0.1, 0.15) is 6.54 Å². The van der Waals surface area contributed by atoms with Gasteiger partial charge in [0, 0.05) is 6.42 Å². The van der Waals surface area contributed by atoms with E-state index < -0.39 is 12.1 Å². The molecule has 0 fully saturated rings. The first-order valence-corrected chi connectivity index (χ1v) is 10.8. The molecule has 0 spiro atoms. The Labute approximate surface area is 167 Å². The molecule has 0 saturated heterocycles. The molecule has 0 rings (SSSR count). The van der Waals surface area contributed by atoms with Crippen molar-refractivity contribution in [3.05, 3.63) is 0 Å². The van der Waals surface area contributed by atoms with Gasteiger partial charge in [0.25, 0.3) is 0 Å². The van der Waals surface area contributed by atoms with E-state index in [0.29, 0.717) is 17.4 Å². The van der Waals surface area contributed by atoms with Crippen LogP contribution in [0.2, 0.25) is 0 Å². The van der Waals surface area contributed by atoms with Crippen LogP contribution in [-0.4, -0.2) is 55.3 Å². The van der Waals surface area contributed by atoms with Crippen LogP contribution < -0.4 is 0 Å². The zero-order valence-corrected chi connectivity index (χ0v) is 18.5.